The Kier molecular flexibility index (Phi) is 1.71. The summed E-state index contributed by atoms with van der Waals surface area (Å²) in [5, 5.41) is 0.763. The van der Waals surface area contributed by atoms with Gasteiger partial charge in [0.25, 0.3) is 5.56 Å². The SMILES string of the molecule is NNc1cnc2c(=O)[nH]ccc2c1. The molecule has 0 atom stereocenters. The number of fused-ring (bicyclic) bond motifs is 1. The molecular formula is C8H8N4O. The van der Waals surface area contributed by atoms with Crippen LogP contribution in [0.5, 0.6) is 0 Å². The van der Waals surface area contributed by atoms with Crippen molar-refractivity contribution in [2.75, 3.05) is 5.43 Å². The summed E-state index contributed by atoms with van der Waals surface area (Å²) in [6.07, 6.45) is 3.09. The van der Waals surface area contributed by atoms with Crippen LogP contribution in [0.25, 0.3) is 10.9 Å². The Hall–Kier alpha value is -1.88. The molecule has 13 heavy (non-hydrogen) atoms. The van der Waals surface area contributed by atoms with Crippen LogP contribution in [0, 0.1) is 0 Å². The van der Waals surface area contributed by atoms with Gasteiger partial charge in [-0.3, -0.25) is 10.6 Å². The van der Waals surface area contributed by atoms with Crippen LogP contribution in [-0.2, 0) is 0 Å². The number of nitrogens with zero attached hydrogens (tertiary/aromatic N) is 1. The van der Waals surface area contributed by atoms with Crippen molar-refractivity contribution in [1.29, 1.82) is 0 Å². The molecule has 0 bridgehead atoms. The first-order valence-corrected chi connectivity index (χ1v) is 3.75. The zero-order valence-electron chi connectivity index (χ0n) is 6.74. The highest BCUT2D eigenvalue weighted by molar-refractivity contribution is 5.80. The van der Waals surface area contributed by atoms with Crippen molar-refractivity contribution in [3.05, 3.63) is 34.9 Å². The van der Waals surface area contributed by atoms with E-state index in [1.807, 2.05) is 0 Å². The van der Waals surface area contributed by atoms with E-state index in [0.717, 1.165) is 5.39 Å². The van der Waals surface area contributed by atoms with Crippen LogP contribution in [0.3, 0.4) is 0 Å². The standard InChI is InChI=1S/C8H8N4O/c9-12-6-3-5-1-2-10-8(13)7(5)11-4-6/h1-4,12H,9H2,(H,10,13). The molecule has 2 aromatic heterocycles. The van der Waals surface area contributed by atoms with E-state index in [0.29, 0.717) is 11.2 Å². The number of nitrogens with one attached hydrogen (secondary N) is 2. The van der Waals surface area contributed by atoms with Gasteiger partial charge < -0.3 is 10.4 Å². The second-order valence-electron chi connectivity index (χ2n) is 2.61. The van der Waals surface area contributed by atoms with E-state index in [9.17, 15) is 4.79 Å². The van der Waals surface area contributed by atoms with Crippen LogP contribution in [0.4, 0.5) is 5.69 Å². The third kappa shape index (κ3) is 1.25. The Morgan fingerprint density at radius 1 is 1.54 bits per heavy atom. The highest BCUT2D eigenvalue weighted by atomic mass is 16.1. The van der Waals surface area contributed by atoms with Crippen LogP contribution in [0.2, 0.25) is 0 Å². The Bertz CT molecular complexity index is 491. The number of rotatable bonds is 1. The maximum atomic E-state index is 11.2. The van der Waals surface area contributed by atoms with Crippen molar-refractivity contribution in [2.45, 2.75) is 0 Å². The van der Waals surface area contributed by atoms with Crippen molar-refractivity contribution in [3.8, 4) is 0 Å². The molecule has 2 rings (SSSR count). The normalized spacial score (nSPS) is 10.2. The van der Waals surface area contributed by atoms with Gasteiger partial charge in [-0.15, -0.1) is 0 Å². The molecule has 0 aliphatic heterocycles. The number of hydrogen-bond donors (Lipinski definition) is 3. The molecule has 0 fully saturated rings. The molecule has 2 aromatic rings. The summed E-state index contributed by atoms with van der Waals surface area (Å²) in [5.41, 5.74) is 3.37. The summed E-state index contributed by atoms with van der Waals surface area (Å²) in [7, 11) is 0. The first-order chi connectivity index (χ1) is 6.31. The number of aromatic amines is 1. The summed E-state index contributed by atoms with van der Waals surface area (Å²) in [5.74, 6) is 5.20. The first kappa shape index (κ1) is 7.75. The van der Waals surface area contributed by atoms with Gasteiger partial charge in [-0.05, 0) is 12.1 Å². The zero-order valence-corrected chi connectivity index (χ0v) is 6.74. The highest BCUT2D eigenvalue weighted by Gasteiger charge is 1.99. The minimum atomic E-state index is -0.193. The fourth-order valence-electron chi connectivity index (χ4n) is 1.15. The second-order valence-corrected chi connectivity index (χ2v) is 2.61. The Labute approximate surface area is 73.6 Å². The number of pyridine rings is 2. The number of hydrazine groups is 1. The average Bonchev–Trinajstić information content (AvgIpc) is 2.18. The first-order valence-electron chi connectivity index (χ1n) is 3.75. The molecule has 0 aromatic carbocycles. The van der Waals surface area contributed by atoms with Crippen molar-refractivity contribution in [3.63, 3.8) is 0 Å². The van der Waals surface area contributed by atoms with E-state index in [-0.39, 0.29) is 5.56 Å². The number of anilines is 1. The minimum absolute atomic E-state index is 0.193. The largest absolute Gasteiger partial charge is 0.327 e. The highest BCUT2D eigenvalue weighted by Crippen LogP contribution is 2.11. The second kappa shape index (κ2) is 2.87. The van der Waals surface area contributed by atoms with E-state index in [2.05, 4.69) is 15.4 Å². The van der Waals surface area contributed by atoms with Gasteiger partial charge in [0.1, 0.15) is 5.52 Å². The van der Waals surface area contributed by atoms with Crippen LogP contribution in [-0.4, -0.2) is 9.97 Å². The van der Waals surface area contributed by atoms with Crippen LogP contribution in [0.15, 0.2) is 29.3 Å². The van der Waals surface area contributed by atoms with E-state index in [4.69, 9.17) is 5.84 Å². The molecule has 0 saturated carbocycles. The minimum Gasteiger partial charge on any atom is -0.327 e. The van der Waals surface area contributed by atoms with E-state index >= 15 is 0 Å². The van der Waals surface area contributed by atoms with Crippen molar-refractivity contribution < 1.29 is 0 Å². The molecular weight excluding hydrogens is 168 g/mol. The smallest absolute Gasteiger partial charge is 0.274 e. The molecule has 0 saturated heterocycles. The van der Waals surface area contributed by atoms with Gasteiger partial charge in [-0.1, -0.05) is 0 Å². The molecule has 0 aliphatic carbocycles. The van der Waals surface area contributed by atoms with Crippen molar-refractivity contribution in [2.24, 2.45) is 5.84 Å². The van der Waals surface area contributed by atoms with Gasteiger partial charge in [0.15, 0.2) is 0 Å². The number of nitrogen functional groups attached to an aromatic ring is 1. The third-order valence-electron chi connectivity index (χ3n) is 1.78. The van der Waals surface area contributed by atoms with Crippen molar-refractivity contribution in [1.82, 2.24) is 9.97 Å². The number of nitrogens with two attached hydrogens (primary N) is 1. The zero-order chi connectivity index (χ0) is 9.26. The van der Waals surface area contributed by atoms with E-state index in [1.165, 1.54) is 6.20 Å². The lowest BCUT2D eigenvalue weighted by Gasteiger charge is -1.99. The van der Waals surface area contributed by atoms with Crippen molar-refractivity contribution >= 4 is 16.6 Å². The molecule has 0 amide bonds. The Morgan fingerprint density at radius 3 is 3.15 bits per heavy atom. The van der Waals surface area contributed by atoms with Crippen LogP contribution >= 0.6 is 0 Å². The molecule has 0 radical (unpaired) electrons. The quantitative estimate of drug-likeness (QED) is 0.428. The molecule has 0 unspecified atom stereocenters. The third-order valence-corrected chi connectivity index (χ3v) is 1.78. The van der Waals surface area contributed by atoms with Crippen LogP contribution in [0.1, 0.15) is 0 Å². The lowest BCUT2D eigenvalue weighted by atomic mass is 10.2. The maximum absolute atomic E-state index is 11.2. The molecule has 4 N–H and O–H groups in total. The molecule has 5 nitrogen and oxygen atoms in total. The molecule has 5 heteroatoms. The van der Waals surface area contributed by atoms with E-state index < -0.39 is 0 Å². The Balaban J connectivity index is 2.80. The molecule has 66 valence electrons. The lowest BCUT2D eigenvalue weighted by molar-refractivity contribution is 1.23. The predicted molar refractivity (Wildman–Crippen MR) is 50.2 cm³/mol. The van der Waals surface area contributed by atoms with Gasteiger partial charge in [0.05, 0.1) is 11.9 Å². The van der Waals surface area contributed by atoms with Gasteiger partial charge in [0.2, 0.25) is 0 Å². The lowest BCUT2D eigenvalue weighted by Crippen LogP contribution is -2.09. The summed E-state index contributed by atoms with van der Waals surface area (Å²) < 4.78 is 0. The summed E-state index contributed by atoms with van der Waals surface area (Å²) >= 11 is 0. The van der Waals surface area contributed by atoms with Crippen LogP contribution < -0.4 is 16.8 Å². The summed E-state index contributed by atoms with van der Waals surface area (Å²) in [4.78, 5) is 17.7. The predicted octanol–water partition coefficient (Wildman–Crippen LogP) is 0.209. The topological polar surface area (TPSA) is 83.8 Å². The summed E-state index contributed by atoms with van der Waals surface area (Å²) in [6, 6.07) is 3.53. The van der Waals surface area contributed by atoms with Gasteiger partial charge in [-0.2, -0.15) is 0 Å². The maximum Gasteiger partial charge on any atom is 0.274 e. The average molecular weight is 176 g/mol. The molecule has 0 aliphatic rings. The number of hydrogen-bond acceptors (Lipinski definition) is 4. The van der Waals surface area contributed by atoms with Gasteiger partial charge in [-0.25, -0.2) is 4.98 Å². The fourth-order valence-corrected chi connectivity index (χ4v) is 1.15. The fraction of sp³-hybridized carbons (Fsp3) is 0. The van der Waals surface area contributed by atoms with Gasteiger partial charge in [0, 0.05) is 11.6 Å². The number of H-pyrrole nitrogens is 1. The van der Waals surface area contributed by atoms with Gasteiger partial charge >= 0.3 is 0 Å². The summed E-state index contributed by atoms with van der Waals surface area (Å²) in [6.45, 7) is 0. The van der Waals surface area contributed by atoms with E-state index in [1.54, 1.807) is 18.3 Å². The Morgan fingerprint density at radius 2 is 2.38 bits per heavy atom. The number of aromatic nitrogens is 2. The monoisotopic (exact) mass is 176 g/mol. The molecule has 0 spiro atoms. The molecule has 2 heterocycles.